The van der Waals surface area contributed by atoms with E-state index in [4.69, 9.17) is 29.2 Å². The quantitative estimate of drug-likeness (QED) is 0.140. The number of piperidine rings is 1. The molecule has 6 aromatic rings. The van der Waals surface area contributed by atoms with E-state index in [1.54, 1.807) is 31.8 Å². The molecule has 2 aliphatic heterocycles. The van der Waals surface area contributed by atoms with Gasteiger partial charge in [0.05, 0.1) is 60.3 Å². The standard InChI is InChI=1S/C43H44N6O4S/c1-48-16-14-28(15-17-48)42-47-38-19-31(9-13-40(38)54-42)49(43(50)30-8-12-36(44-22-30)27-5-6-27)23-26-4-11-33-34-24-53-25-35(34)41(46-37(33)18-26)45-21-29-7-10-32(51-2)20-39(29)52-3/h4,7-13,18-20,22,27-28H,5-6,14-17,21,23-25H2,1-3H3,(H,45,46). The van der Waals surface area contributed by atoms with Crippen molar-refractivity contribution in [3.05, 3.63) is 111 Å². The Balaban J connectivity index is 1.04. The second-order valence-corrected chi connectivity index (χ2v) is 15.8. The van der Waals surface area contributed by atoms with Gasteiger partial charge in [-0.1, -0.05) is 12.1 Å². The van der Waals surface area contributed by atoms with Crippen LogP contribution >= 0.6 is 11.3 Å². The second kappa shape index (κ2) is 14.6. The summed E-state index contributed by atoms with van der Waals surface area (Å²) in [5.41, 5.74) is 8.40. The third-order valence-electron chi connectivity index (χ3n) is 11.1. The van der Waals surface area contributed by atoms with Crippen LogP contribution in [0.1, 0.15) is 80.8 Å². The third-order valence-corrected chi connectivity index (χ3v) is 12.3. The number of hydrogen-bond donors (Lipinski definition) is 1. The number of methoxy groups -OCH3 is 2. The number of carbonyl (C=O) groups is 1. The van der Waals surface area contributed by atoms with Crippen LogP contribution in [0, 0.1) is 0 Å². The molecule has 0 atom stereocenters. The number of likely N-dealkylation sites (tertiary alicyclic amines) is 1. The maximum absolute atomic E-state index is 14.5. The average molecular weight is 741 g/mol. The molecule has 0 bridgehead atoms. The van der Waals surface area contributed by atoms with Crippen LogP contribution < -0.4 is 19.7 Å². The number of carbonyl (C=O) groups excluding carboxylic acids is 1. The maximum Gasteiger partial charge on any atom is 0.260 e. The van der Waals surface area contributed by atoms with E-state index in [1.165, 1.54) is 5.01 Å². The Morgan fingerprint density at radius 1 is 0.907 bits per heavy atom. The predicted octanol–water partition coefficient (Wildman–Crippen LogP) is 8.43. The highest BCUT2D eigenvalue weighted by molar-refractivity contribution is 7.18. The van der Waals surface area contributed by atoms with Gasteiger partial charge in [-0.2, -0.15) is 0 Å². The Morgan fingerprint density at radius 3 is 2.54 bits per heavy atom. The average Bonchev–Trinajstić information content (AvgIpc) is 3.78. The molecule has 3 aliphatic rings. The van der Waals surface area contributed by atoms with E-state index in [0.717, 1.165) is 111 Å². The highest BCUT2D eigenvalue weighted by atomic mass is 32.1. The molecule has 54 heavy (non-hydrogen) atoms. The molecular weight excluding hydrogens is 697 g/mol. The lowest BCUT2D eigenvalue weighted by molar-refractivity contribution is 0.0984. The Morgan fingerprint density at radius 2 is 1.76 bits per heavy atom. The lowest BCUT2D eigenvalue weighted by atomic mass is 9.98. The highest BCUT2D eigenvalue weighted by Gasteiger charge is 2.27. The van der Waals surface area contributed by atoms with Crippen LogP contribution in [0.5, 0.6) is 11.5 Å². The molecule has 11 heteroatoms. The second-order valence-electron chi connectivity index (χ2n) is 14.7. The fourth-order valence-corrected chi connectivity index (χ4v) is 8.83. The number of amides is 1. The van der Waals surface area contributed by atoms with Gasteiger partial charge in [-0.15, -0.1) is 11.3 Å². The first-order valence-corrected chi connectivity index (χ1v) is 19.6. The van der Waals surface area contributed by atoms with Gasteiger partial charge in [-0.3, -0.25) is 9.78 Å². The zero-order valence-corrected chi connectivity index (χ0v) is 31.7. The van der Waals surface area contributed by atoms with Gasteiger partial charge in [-0.05, 0) is 105 Å². The van der Waals surface area contributed by atoms with Gasteiger partial charge in [0.15, 0.2) is 0 Å². The van der Waals surface area contributed by atoms with Crippen molar-refractivity contribution in [2.24, 2.45) is 0 Å². The molecular formula is C43H44N6O4S. The summed E-state index contributed by atoms with van der Waals surface area (Å²) in [7, 11) is 5.50. The molecule has 0 spiro atoms. The molecule has 3 aromatic carbocycles. The summed E-state index contributed by atoms with van der Waals surface area (Å²) in [5.74, 6) is 3.17. The van der Waals surface area contributed by atoms with Crippen molar-refractivity contribution in [1.29, 1.82) is 0 Å². The minimum absolute atomic E-state index is 0.0961. The molecule has 2 fully saturated rings. The van der Waals surface area contributed by atoms with Crippen molar-refractivity contribution in [2.75, 3.05) is 44.6 Å². The molecule has 276 valence electrons. The minimum Gasteiger partial charge on any atom is -0.497 e. The fourth-order valence-electron chi connectivity index (χ4n) is 7.72. The number of nitrogens with one attached hydrogen (secondary N) is 1. The lowest BCUT2D eigenvalue weighted by Crippen LogP contribution is -2.30. The molecule has 3 aromatic heterocycles. The summed E-state index contributed by atoms with van der Waals surface area (Å²) in [5, 5.41) is 5.81. The zero-order valence-electron chi connectivity index (χ0n) is 30.9. The summed E-state index contributed by atoms with van der Waals surface area (Å²) in [6.45, 7) is 4.08. The van der Waals surface area contributed by atoms with E-state index in [2.05, 4.69) is 53.7 Å². The normalized spacial score (nSPS) is 16.1. The van der Waals surface area contributed by atoms with Gasteiger partial charge in [-0.25, -0.2) is 9.97 Å². The van der Waals surface area contributed by atoms with Crippen LogP contribution in [-0.2, 0) is 31.0 Å². The summed E-state index contributed by atoms with van der Waals surface area (Å²) in [4.78, 5) is 33.7. The van der Waals surface area contributed by atoms with Crippen LogP contribution in [0.15, 0.2) is 72.9 Å². The van der Waals surface area contributed by atoms with Gasteiger partial charge in [0.1, 0.15) is 17.3 Å². The molecule has 1 amide bonds. The first-order chi connectivity index (χ1) is 26.4. The van der Waals surface area contributed by atoms with Crippen molar-refractivity contribution in [3.63, 3.8) is 0 Å². The summed E-state index contributed by atoms with van der Waals surface area (Å²) >= 11 is 1.78. The largest absolute Gasteiger partial charge is 0.497 e. The molecule has 0 radical (unpaired) electrons. The van der Waals surface area contributed by atoms with Gasteiger partial charge in [0, 0.05) is 58.5 Å². The molecule has 1 saturated heterocycles. The van der Waals surface area contributed by atoms with Crippen molar-refractivity contribution < 1.29 is 19.0 Å². The van der Waals surface area contributed by atoms with Gasteiger partial charge < -0.3 is 29.3 Å². The van der Waals surface area contributed by atoms with E-state index >= 15 is 0 Å². The van der Waals surface area contributed by atoms with E-state index < -0.39 is 0 Å². The topological polar surface area (TPSA) is 102 Å². The molecule has 1 N–H and O–H groups in total. The number of benzene rings is 3. The van der Waals surface area contributed by atoms with Crippen molar-refractivity contribution >= 4 is 49.9 Å². The SMILES string of the molecule is COc1ccc(CNc2nc3cc(CN(C(=O)c4ccc(C5CC5)nc4)c4ccc5sc(C6CCN(C)CC6)nc5c4)ccc3c3c2COC3)c(OC)c1. The van der Waals surface area contributed by atoms with E-state index in [9.17, 15) is 4.79 Å². The Kier molecular flexibility index (Phi) is 9.38. The van der Waals surface area contributed by atoms with Crippen LogP contribution in [-0.4, -0.2) is 60.1 Å². The van der Waals surface area contributed by atoms with Gasteiger partial charge >= 0.3 is 0 Å². The Hall–Kier alpha value is -5.10. The van der Waals surface area contributed by atoms with E-state index in [-0.39, 0.29) is 5.91 Å². The number of fused-ring (bicyclic) bond motifs is 4. The van der Waals surface area contributed by atoms with Crippen molar-refractivity contribution in [1.82, 2.24) is 19.9 Å². The Bertz CT molecular complexity index is 2350. The minimum atomic E-state index is -0.0961. The number of pyridine rings is 2. The number of rotatable bonds is 11. The molecule has 1 saturated carbocycles. The van der Waals surface area contributed by atoms with E-state index in [1.807, 2.05) is 35.2 Å². The first kappa shape index (κ1) is 34.7. The molecule has 10 nitrogen and oxygen atoms in total. The van der Waals surface area contributed by atoms with Gasteiger partial charge in [0.2, 0.25) is 0 Å². The Labute approximate surface area is 319 Å². The molecule has 9 rings (SSSR count). The monoisotopic (exact) mass is 740 g/mol. The predicted molar refractivity (Wildman–Crippen MR) is 213 cm³/mol. The molecule has 5 heterocycles. The fraction of sp³-hybridized carbons (Fsp3) is 0.349. The van der Waals surface area contributed by atoms with Crippen molar-refractivity contribution in [3.8, 4) is 11.5 Å². The zero-order chi connectivity index (χ0) is 36.8. The van der Waals surface area contributed by atoms with Gasteiger partial charge in [0.25, 0.3) is 5.91 Å². The molecule has 1 aliphatic carbocycles. The maximum atomic E-state index is 14.5. The number of hydrogen-bond acceptors (Lipinski definition) is 10. The summed E-state index contributed by atoms with van der Waals surface area (Å²) < 4.78 is 18.1. The van der Waals surface area contributed by atoms with Crippen LogP contribution in [0.4, 0.5) is 11.5 Å². The number of ether oxygens (including phenoxy) is 3. The summed E-state index contributed by atoms with van der Waals surface area (Å²) in [6, 6.07) is 22.3. The van der Waals surface area contributed by atoms with Crippen LogP contribution in [0.2, 0.25) is 0 Å². The van der Waals surface area contributed by atoms with Crippen LogP contribution in [0.25, 0.3) is 21.1 Å². The number of nitrogens with zero attached hydrogens (tertiary/aromatic N) is 5. The molecule has 0 unspecified atom stereocenters. The van der Waals surface area contributed by atoms with Crippen molar-refractivity contribution in [2.45, 2.75) is 63.8 Å². The third kappa shape index (κ3) is 6.87. The van der Waals surface area contributed by atoms with E-state index in [0.29, 0.717) is 43.7 Å². The first-order valence-electron chi connectivity index (χ1n) is 18.8. The lowest BCUT2D eigenvalue weighted by Gasteiger charge is -2.27. The number of aromatic nitrogens is 3. The number of anilines is 2. The highest BCUT2D eigenvalue weighted by Crippen LogP contribution is 2.40. The van der Waals surface area contributed by atoms with Crippen LogP contribution in [0.3, 0.4) is 0 Å². The number of thiazole rings is 1. The smallest absolute Gasteiger partial charge is 0.260 e. The summed E-state index contributed by atoms with van der Waals surface area (Å²) in [6.07, 6.45) is 6.31.